The maximum atomic E-state index is 10.9. The highest BCUT2D eigenvalue weighted by atomic mass is 32.1. The summed E-state index contributed by atoms with van der Waals surface area (Å²) in [6, 6.07) is 4.65. The highest BCUT2D eigenvalue weighted by Crippen LogP contribution is 2.26. The van der Waals surface area contributed by atoms with Crippen molar-refractivity contribution in [2.75, 3.05) is 17.4 Å². The highest BCUT2D eigenvalue weighted by Gasteiger charge is 2.12. The van der Waals surface area contributed by atoms with Gasteiger partial charge in [0.25, 0.3) is 5.69 Å². The van der Waals surface area contributed by atoms with Gasteiger partial charge in [0.05, 0.1) is 28.4 Å². The van der Waals surface area contributed by atoms with E-state index >= 15 is 0 Å². The van der Waals surface area contributed by atoms with E-state index in [0.29, 0.717) is 17.9 Å². The molecule has 19 heavy (non-hydrogen) atoms. The number of nitrogen functional groups attached to an aromatic ring is 1. The first-order chi connectivity index (χ1) is 9.10. The number of hydrazine groups is 1. The Morgan fingerprint density at radius 3 is 2.89 bits per heavy atom. The maximum Gasteiger partial charge on any atom is 0.273 e. The molecular formula is C11H13N5O2S. The zero-order valence-electron chi connectivity index (χ0n) is 10.2. The average Bonchev–Trinajstić information content (AvgIpc) is 2.90. The van der Waals surface area contributed by atoms with E-state index in [1.54, 1.807) is 11.6 Å². The normalized spacial score (nSPS) is 10.2. The van der Waals surface area contributed by atoms with Crippen LogP contribution < -0.4 is 16.2 Å². The SMILES string of the molecule is CN(Cc1cscn1)c1cc(NN)cc([N+](=O)[O-])c1. The number of hydrogen-bond acceptors (Lipinski definition) is 7. The van der Waals surface area contributed by atoms with Crippen LogP contribution in [0.4, 0.5) is 17.1 Å². The molecule has 2 rings (SSSR count). The number of hydrogen-bond donors (Lipinski definition) is 2. The fourth-order valence-corrected chi connectivity index (χ4v) is 2.20. The molecule has 0 atom stereocenters. The van der Waals surface area contributed by atoms with E-state index in [0.717, 1.165) is 5.69 Å². The lowest BCUT2D eigenvalue weighted by molar-refractivity contribution is -0.384. The Hall–Kier alpha value is -2.19. The molecule has 0 aliphatic rings. The molecule has 0 fully saturated rings. The van der Waals surface area contributed by atoms with Crippen molar-refractivity contribution < 1.29 is 4.92 Å². The first-order valence-electron chi connectivity index (χ1n) is 5.44. The topological polar surface area (TPSA) is 97.3 Å². The first kappa shape index (κ1) is 13.2. The number of benzene rings is 1. The van der Waals surface area contributed by atoms with Crippen LogP contribution in [0, 0.1) is 10.1 Å². The largest absolute Gasteiger partial charge is 0.368 e. The molecule has 100 valence electrons. The smallest absolute Gasteiger partial charge is 0.273 e. The summed E-state index contributed by atoms with van der Waals surface area (Å²) in [5.41, 5.74) is 6.30. The zero-order valence-corrected chi connectivity index (χ0v) is 11.1. The molecule has 0 unspecified atom stereocenters. The number of nitrogens with one attached hydrogen (secondary N) is 1. The standard InChI is InChI=1S/C11H13N5O2S/c1-15(5-9-6-19-7-13-9)10-2-8(14-12)3-11(4-10)16(17)18/h2-4,6-7,14H,5,12H2,1H3. The molecule has 2 aromatic rings. The van der Waals surface area contributed by atoms with Crippen LogP contribution in [0.3, 0.4) is 0 Å². The van der Waals surface area contributed by atoms with Gasteiger partial charge in [0, 0.05) is 30.2 Å². The number of anilines is 2. The summed E-state index contributed by atoms with van der Waals surface area (Å²) in [6.07, 6.45) is 0. The Morgan fingerprint density at radius 1 is 1.53 bits per heavy atom. The van der Waals surface area contributed by atoms with Crippen molar-refractivity contribution in [3.8, 4) is 0 Å². The second-order valence-electron chi connectivity index (χ2n) is 3.98. The van der Waals surface area contributed by atoms with Gasteiger partial charge >= 0.3 is 0 Å². The van der Waals surface area contributed by atoms with Gasteiger partial charge in [0.1, 0.15) is 0 Å². The summed E-state index contributed by atoms with van der Waals surface area (Å²) in [5.74, 6) is 5.32. The lowest BCUT2D eigenvalue weighted by Crippen LogP contribution is -2.17. The minimum absolute atomic E-state index is 0.00409. The van der Waals surface area contributed by atoms with Crippen molar-refractivity contribution in [2.24, 2.45) is 5.84 Å². The predicted molar refractivity (Wildman–Crippen MR) is 75.1 cm³/mol. The number of rotatable bonds is 5. The molecule has 7 nitrogen and oxygen atoms in total. The first-order valence-corrected chi connectivity index (χ1v) is 6.38. The second kappa shape index (κ2) is 5.63. The number of thiazole rings is 1. The third-order valence-electron chi connectivity index (χ3n) is 2.60. The molecule has 1 aromatic heterocycles. The average molecular weight is 279 g/mol. The van der Waals surface area contributed by atoms with E-state index < -0.39 is 4.92 Å². The van der Waals surface area contributed by atoms with E-state index in [4.69, 9.17) is 5.84 Å². The molecule has 0 spiro atoms. The summed E-state index contributed by atoms with van der Waals surface area (Å²) in [6.45, 7) is 0.578. The van der Waals surface area contributed by atoms with E-state index in [1.165, 1.54) is 23.5 Å². The molecular weight excluding hydrogens is 266 g/mol. The Bertz CT molecular complexity index is 572. The van der Waals surface area contributed by atoms with Crippen LogP contribution in [-0.2, 0) is 6.54 Å². The van der Waals surface area contributed by atoms with Gasteiger partial charge in [-0.05, 0) is 6.07 Å². The van der Waals surface area contributed by atoms with Crippen LogP contribution in [0.25, 0.3) is 0 Å². The van der Waals surface area contributed by atoms with Gasteiger partial charge in [0.15, 0.2) is 0 Å². The molecule has 0 radical (unpaired) electrons. The monoisotopic (exact) mass is 279 g/mol. The molecule has 0 saturated carbocycles. The van der Waals surface area contributed by atoms with Gasteiger partial charge in [0.2, 0.25) is 0 Å². The van der Waals surface area contributed by atoms with E-state index in [-0.39, 0.29) is 5.69 Å². The van der Waals surface area contributed by atoms with Gasteiger partial charge in [-0.1, -0.05) is 0 Å². The van der Waals surface area contributed by atoms with Crippen LogP contribution >= 0.6 is 11.3 Å². The Balaban J connectivity index is 2.27. The highest BCUT2D eigenvalue weighted by molar-refractivity contribution is 7.07. The summed E-state index contributed by atoms with van der Waals surface area (Å²) >= 11 is 1.51. The third kappa shape index (κ3) is 3.18. The van der Waals surface area contributed by atoms with Crippen molar-refractivity contribution in [1.82, 2.24) is 4.98 Å². The maximum absolute atomic E-state index is 10.9. The molecule has 1 heterocycles. The van der Waals surface area contributed by atoms with Crippen LogP contribution in [0.2, 0.25) is 0 Å². The zero-order chi connectivity index (χ0) is 13.8. The van der Waals surface area contributed by atoms with E-state index in [1.807, 2.05) is 17.3 Å². The quantitative estimate of drug-likeness (QED) is 0.493. The van der Waals surface area contributed by atoms with Crippen molar-refractivity contribution in [2.45, 2.75) is 6.54 Å². The molecule has 0 aliphatic carbocycles. The van der Waals surface area contributed by atoms with Crippen LogP contribution in [0.1, 0.15) is 5.69 Å². The van der Waals surface area contributed by atoms with Crippen LogP contribution in [0.5, 0.6) is 0 Å². The number of aromatic nitrogens is 1. The van der Waals surface area contributed by atoms with Gasteiger partial charge in [-0.2, -0.15) is 0 Å². The number of non-ortho nitro benzene ring substituents is 1. The van der Waals surface area contributed by atoms with Gasteiger partial charge in [-0.3, -0.25) is 16.0 Å². The molecule has 3 N–H and O–H groups in total. The minimum Gasteiger partial charge on any atom is -0.368 e. The summed E-state index contributed by atoms with van der Waals surface area (Å²) < 4.78 is 0. The van der Waals surface area contributed by atoms with Crippen molar-refractivity contribution in [3.63, 3.8) is 0 Å². The Labute approximate surface area is 113 Å². The van der Waals surface area contributed by atoms with Crippen molar-refractivity contribution >= 4 is 28.4 Å². The van der Waals surface area contributed by atoms with Crippen LogP contribution in [-0.4, -0.2) is 17.0 Å². The second-order valence-corrected chi connectivity index (χ2v) is 4.69. The van der Waals surface area contributed by atoms with E-state index in [2.05, 4.69) is 10.4 Å². The van der Waals surface area contributed by atoms with Crippen LogP contribution in [0.15, 0.2) is 29.1 Å². The summed E-state index contributed by atoms with van der Waals surface area (Å²) in [7, 11) is 1.85. The fraction of sp³-hybridized carbons (Fsp3) is 0.182. The van der Waals surface area contributed by atoms with Crippen molar-refractivity contribution in [1.29, 1.82) is 0 Å². The minimum atomic E-state index is -0.443. The predicted octanol–water partition coefficient (Wildman–Crippen LogP) is 1.97. The number of nitro groups is 1. The molecule has 0 amide bonds. The molecule has 0 bridgehead atoms. The van der Waals surface area contributed by atoms with E-state index in [9.17, 15) is 10.1 Å². The molecule has 1 aromatic carbocycles. The lowest BCUT2D eigenvalue weighted by atomic mass is 10.2. The fourth-order valence-electron chi connectivity index (χ4n) is 1.65. The molecule has 8 heteroatoms. The Morgan fingerprint density at radius 2 is 2.32 bits per heavy atom. The van der Waals surface area contributed by atoms with Gasteiger partial charge in [-0.25, -0.2) is 4.98 Å². The molecule has 0 saturated heterocycles. The summed E-state index contributed by atoms with van der Waals surface area (Å²) in [5, 5.41) is 12.8. The van der Waals surface area contributed by atoms with Gasteiger partial charge in [-0.15, -0.1) is 11.3 Å². The number of nitrogens with two attached hydrogens (primary N) is 1. The van der Waals surface area contributed by atoms with Gasteiger partial charge < -0.3 is 10.3 Å². The van der Waals surface area contributed by atoms with Crippen molar-refractivity contribution in [3.05, 3.63) is 44.9 Å². The Kier molecular flexibility index (Phi) is 3.93. The summed E-state index contributed by atoms with van der Waals surface area (Å²) in [4.78, 5) is 16.5. The third-order valence-corrected chi connectivity index (χ3v) is 3.24. The lowest BCUT2D eigenvalue weighted by Gasteiger charge is -2.18. The number of nitrogens with zero attached hydrogens (tertiary/aromatic N) is 3. The molecule has 0 aliphatic heterocycles. The number of nitro benzene ring substituents is 1.